The molecule has 1 aromatic carbocycles. The van der Waals surface area contributed by atoms with Crippen LogP contribution in [0.3, 0.4) is 0 Å². The lowest BCUT2D eigenvalue weighted by molar-refractivity contribution is 0.0551. The van der Waals surface area contributed by atoms with E-state index in [0.29, 0.717) is 12.5 Å². The highest BCUT2D eigenvalue weighted by atomic mass is 19.1. The average Bonchev–Trinajstić information content (AvgIpc) is 2.48. The second-order valence-electron chi connectivity index (χ2n) is 5.78. The molecule has 1 heterocycles. The van der Waals surface area contributed by atoms with Gasteiger partial charge in [0.15, 0.2) is 11.6 Å². The predicted molar refractivity (Wildman–Crippen MR) is 80.9 cm³/mol. The molecular formula is C16H25FN2O2. The maximum absolute atomic E-state index is 13.7. The van der Waals surface area contributed by atoms with Gasteiger partial charge < -0.3 is 20.1 Å². The average molecular weight is 296 g/mol. The maximum atomic E-state index is 13.7. The highest BCUT2D eigenvalue weighted by molar-refractivity contribution is 5.31. The quantitative estimate of drug-likeness (QED) is 0.874. The number of nitrogens with two attached hydrogens (primary N) is 1. The fraction of sp³-hybridized carbons (Fsp3) is 0.625. The van der Waals surface area contributed by atoms with Gasteiger partial charge in [0, 0.05) is 32.3 Å². The summed E-state index contributed by atoms with van der Waals surface area (Å²) in [6.07, 6.45) is 2.22. The molecule has 1 aromatic rings. The molecule has 0 radical (unpaired) electrons. The van der Waals surface area contributed by atoms with Crippen molar-refractivity contribution >= 4 is 0 Å². The largest absolute Gasteiger partial charge is 0.494 e. The maximum Gasteiger partial charge on any atom is 0.165 e. The Morgan fingerprint density at radius 1 is 1.43 bits per heavy atom. The van der Waals surface area contributed by atoms with Crippen LogP contribution in [0, 0.1) is 11.7 Å². The Morgan fingerprint density at radius 3 is 2.76 bits per heavy atom. The zero-order valence-corrected chi connectivity index (χ0v) is 12.8. The van der Waals surface area contributed by atoms with E-state index in [4.69, 9.17) is 15.2 Å². The van der Waals surface area contributed by atoms with Crippen LogP contribution in [0.2, 0.25) is 0 Å². The van der Waals surface area contributed by atoms with Crippen LogP contribution < -0.4 is 10.5 Å². The fourth-order valence-corrected chi connectivity index (χ4v) is 2.80. The van der Waals surface area contributed by atoms with Gasteiger partial charge in [-0.1, -0.05) is 6.07 Å². The number of halogens is 1. The number of hydrogen-bond donors (Lipinski definition) is 1. The molecule has 0 spiro atoms. The summed E-state index contributed by atoms with van der Waals surface area (Å²) in [7, 11) is 3.52. The van der Waals surface area contributed by atoms with E-state index in [1.165, 1.54) is 13.2 Å². The van der Waals surface area contributed by atoms with E-state index < -0.39 is 0 Å². The van der Waals surface area contributed by atoms with Gasteiger partial charge in [-0.05, 0) is 43.5 Å². The van der Waals surface area contributed by atoms with Crippen LogP contribution in [0.1, 0.15) is 24.4 Å². The molecule has 0 aromatic heterocycles. The summed E-state index contributed by atoms with van der Waals surface area (Å²) >= 11 is 0. The molecule has 1 unspecified atom stereocenters. The number of benzene rings is 1. The lowest BCUT2D eigenvalue weighted by Crippen LogP contribution is -2.34. The van der Waals surface area contributed by atoms with Gasteiger partial charge >= 0.3 is 0 Å². The fourth-order valence-electron chi connectivity index (χ4n) is 2.80. The number of methoxy groups -OCH3 is 1. The lowest BCUT2D eigenvalue weighted by atomic mass is 9.99. The zero-order chi connectivity index (χ0) is 15.2. The third-order valence-corrected chi connectivity index (χ3v) is 4.02. The van der Waals surface area contributed by atoms with Crippen molar-refractivity contribution in [2.24, 2.45) is 11.7 Å². The van der Waals surface area contributed by atoms with Crippen LogP contribution >= 0.6 is 0 Å². The Labute approximate surface area is 126 Å². The zero-order valence-electron chi connectivity index (χ0n) is 12.8. The molecule has 118 valence electrons. The minimum atomic E-state index is -0.363. The van der Waals surface area contributed by atoms with Crippen LogP contribution in [0.25, 0.3) is 0 Å². The summed E-state index contributed by atoms with van der Waals surface area (Å²) in [5.74, 6) is 0.558. The second-order valence-corrected chi connectivity index (χ2v) is 5.78. The van der Waals surface area contributed by atoms with Gasteiger partial charge in [-0.2, -0.15) is 0 Å². The number of ether oxygens (including phenoxy) is 2. The molecule has 2 N–H and O–H groups in total. The topological polar surface area (TPSA) is 47.7 Å². The molecule has 5 heteroatoms. The molecule has 0 saturated carbocycles. The Hall–Kier alpha value is -1.17. The number of rotatable bonds is 6. The molecule has 0 amide bonds. The van der Waals surface area contributed by atoms with Crippen molar-refractivity contribution in [2.75, 3.05) is 40.5 Å². The van der Waals surface area contributed by atoms with Gasteiger partial charge in [0.05, 0.1) is 7.11 Å². The smallest absolute Gasteiger partial charge is 0.165 e. The van der Waals surface area contributed by atoms with E-state index in [-0.39, 0.29) is 17.6 Å². The van der Waals surface area contributed by atoms with E-state index in [9.17, 15) is 4.39 Å². The summed E-state index contributed by atoms with van der Waals surface area (Å²) in [6.45, 7) is 3.43. The molecule has 4 nitrogen and oxygen atoms in total. The lowest BCUT2D eigenvalue weighted by Gasteiger charge is -2.28. The van der Waals surface area contributed by atoms with Crippen LogP contribution in [0.4, 0.5) is 4.39 Å². The van der Waals surface area contributed by atoms with Crippen molar-refractivity contribution in [1.82, 2.24) is 4.90 Å². The van der Waals surface area contributed by atoms with Crippen LogP contribution in [-0.2, 0) is 4.74 Å². The normalized spacial score (nSPS) is 18.0. The van der Waals surface area contributed by atoms with E-state index in [1.54, 1.807) is 6.07 Å². The van der Waals surface area contributed by atoms with Gasteiger partial charge in [-0.15, -0.1) is 0 Å². The summed E-state index contributed by atoms with van der Waals surface area (Å²) in [5, 5.41) is 0. The van der Waals surface area contributed by atoms with Crippen molar-refractivity contribution in [1.29, 1.82) is 0 Å². The minimum absolute atomic E-state index is 0.199. The Balaban J connectivity index is 1.87. The number of nitrogens with zero attached hydrogens (tertiary/aromatic N) is 1. The standard InChI is InChI=1S/C16H25FN2O2/c1-19(10-12-5-7-21-8-6-12)11-15(18)13-3-4-16(20-2)14(17)9-13/h3-4,9,12,15H,5-8,10-11,18H2,1-2H3. The summed E-state index contributed by atoms with van der Waals surface area (Å²) in [6, 6.07) is 4.72. The van der Waals surface area contributed by atoms with E-state index in [1.807, 2.05) is 6.07 Å². The summed E-state index contributed by atoms with van der Waals surface area (Å²) < 4.78 is 24.0. The third kappa shape index (κ3) is 4.66. The summed E-state index contributed by atoms with van der Waals surface area (Å²) in [5.41, 5.74) is 6.99. The molecule has 0 bridgehead atoms. The van der Waals surface area contributed by atoms with Gasteiger partial charge in [0.25, 0.3) is 0 Å². The van der Waals surface area contributed by atoms with E-state index in [2.05, 4.69) is 11.9 Å². The molecule has 2 rings (SSSR count). The monoisotopic (exact) mass is 296 g/mol. The number of likely N-dealkylation sites (N-methyl/N-ethyl adjacent to an activating group) is 1. The van der Waals surface area contributed by atoms with Gasteiger partial charge in [0.2, 0.25) is 0 Å². The van der Waals surface area contributed by atoms with Crippen LogP contribution in [0.5, 0.6) is 5.75 Å². The first-order valence-electron chi connectivity index (χ1n) is 7.45. The Kier molecular flexibility index (Phi) is 5.96. The van der Waals surface area contributed by atoms with Gasteiger partial charge in [-0.25, -0.2) is 4.39 Å². The first kappa shape index (κ1) is 16.2. The molecule has 0 aliphatic carbocycles. The SMILES string of the molecule is COc1ccc(C(N)CN(C)CC2CCOCC2)cc1F. The molecule has 21 heavy (non-hydrogen) atoms. The highest BCUT2D eigenvalue weighted by Gasteiger charge is 2.18. The molecule has 1 saturated heterocycles. The van der Waals surface area contributed by atoms with Crippen LogP contribution in [-0.4, -0.2) is 45.4 Å². The molecule has 1 fully saturated rings. The van der Waals surface area contributed by atoms with Crippen molar-refractivity contribution < 1.29 is 13.9 Å². The van der Waals surface area contributed by atoms with E-state index in [0.717, 1.165) is 38.2 Å². The molecule has 1 aliphatic heterocycles. The van der Waals surface area contributed by atoms with Crippen molar-refractivity contribution in [3.05, 3.63) is 29.6 Å². The molecule has 1 atom stereocenters. The van der Waals surface area contributed by atoms with Crippen molar-refractivity contribution in [3.8, 4) is 5.75 Å². The summed E-state index contributed by atoms with van der Waals surface area (Å²) in [4.78, 5) is 2.22. The second kappa shape index (κ2) is 7.73. The minimum Gasteiger partial charge on any atom is -0.494 e. The van der Waals surface area contributed by atoms with Crippen molar-refractivity contribution in [3.63, 3.8) is 0 Å². The number of hydrogen-bond acceptors (Lipinski definition) is 4. The Morgan fingerprint density at radius 2 is 2.14 bits per heavy atom. The van der Waals surface area contributed by atoms with Gasteiger partial charge in [0.1, 0.15) is 0 Å². The molecular weight excluding hydrogens is 271 g/mol. The van der Waals surface area contributed by atoms with Crippen molar-refractivity contribution in [2.45, 2.75) is 18.9 Å². The first-order valence-corrected chi connectivity index (χ1v) is 7.45. The predicted octanol–water partition coefficient (Wildman–Crippen LogP) is 2.19. The van der Waals surface area contributed by atoms with Crippen LogP contribution in [0.15, 0.2) is 18.2 Å². The molecule has 1 aliphatic rings. The third-order valence-electron chi connectivity index (χ3n) is 4.02. The first-order chi connectivity index (χ1) is 10.1. The van der Waals surface area contributed by atoms with Gasteiger partial charge in [-0.3, -0.25) is 0 Å². The van der Waals surface area contributed by atoms with E-state index >= 15 is 0 Å². The Bertz CT molecular complexity index is 450. The highest BCUT2D eigenvalue weighted by Crippen LogP contribution is 2.22.